The van der Waals surface area contributed by atoms with Crippen molar-refractivity contribution in [1.29, 1.82) is 0 Å². The van der Waals surface area contributed by atoms with Crippen LogP contribution in [0.1, 0.15) is 37.0 Å². The fraction of sp³-hybridized carbons (Fsp3) is 0.148. The van der Waals surface area contributed by atoms with Gasteiger partial charge in [0.2, 0.25) is 0 Å². The first-order chi connectivity index (χ1) is 16.8. The molecule has 3 aromatic carbocycles. The van der Waals surface area contributed by atoms with Gasteiger partial charge in [-0.3, -0.25) is 4.79 Å². The van der Waals surface area contributed by atoms with Crippen molar-refractivity contribution in [2.24, 2.45) is 0 Å². The summed E-state index contributed by atoms with van der Waals surface area (Å²) in [6, 6.07) is 23.8. The second kappa shape index (κ2) is 8.64. The van der Waals surface area contributed by atoms with Crippen molar-refractivity contribution in [2.45, 2.75) is 26.2 Å². The molecule has 1 amide bonds. The van der Waals surface area contributed by atoms with Crippen LogP contribution in [-0.2, 0) is 5.41 Å². The molecule has 8 heteroatoms. The first-order valence-electron chi connectivity index (χ1n) is 11.2. The zero-order valence-electron chi connectivity index (χ0n) is 19.6. The molecule has 0 aliphatic carbocycles. The lowest BCUT2D eigenvalue weighted by molar-refractivity contribution is 0.101. The first kappa shape index (κ1) is 22.2. The largest absolute Gasteiger partial charge is 0.455 e. The third-order valence-electron chi connectivity index (χ3n) is 5.54. The van der Waals surface area contributed by atoms with Gasteiger partial charge in [-0.05, 0) is 42.5 Å². The summed E-state index contributed by atoms with van der Waals surface area (Å²) in [5.41, 5.74) is 3.33. The van der Waals surface area contributed by atoms with Crippen LogP contribution in [0.25, 0.3) is 16.7 Å². The second-order valence-corrected chi connectivity index (χ2v) is 9.25. The van der Waals surface area contributed by atoms with E-state index in [2.05, 4.69) is 36.1 Å². The molecule has 0 bridgehead atoms. The number of para-hydroxylation sites is 2. The molecule has 2 heterocycles. The number of aromatic amines is 2. The lowest BCUT2D eigenvalue weighted by Crippen LogP contribution is -2.17. The quantitative estimate of drug-likeness (QED) is 0.323. The Labute approximate surface area is 201 Å². The molecule has 5 rings (SSSR count). The predicted octanol–water partition coefficient (Wildman–Crippen LogP) is 5.38. The first-order valence-corrected chi connectivity index (χ1v) is 11.2. The predicted molar refractivity (Wildman–Crippen MR) is 136 cm³/mol. The van der Waals surface area contributed by atoms with Gasteiger partial charge in [0, 0.05) is 17.2 Å². The number of anilines is 1. The van der Waals surface area contributed by atoms with Crippen molar-refractivity contribution in [1.82, 2.24) is 19.7 Å². The molecule has 0 aliphatic heterocycles. The Hall–Kier alpha value is -4.59. The Morgan fingerprint density at radius 1 is 0.943 bits per heavy atom. The third kappa shape index (κ3) is 4.59. The van der Waals surface area contributed by atoms with Gasteiger partial charge in [0.25, 0.3) is 5.91 Å². The van der Waals surface area contributed by atoms with Crippen LogP contribution in [0, 0.1) is 0 Å². The van der Waals surface area contributed by atoms with E-state index in [-0.39, 0.29) is 17.0 Å². The number of H-pyrrole nitrogens is 2. The minimum Gasteiger partial charge on any atom is -0.455 e. The fourth-order valence-corrected chi connectivity index (χ4v) is 3.75. The molecule has 0 fully saturated rings. The van der Waals surface area contributed by atoms with E-state index in [0.29, 0.717) is 33.9 Å². The van der Waals surface area contributed by atoms with Gasteiger partial charge in [-0.15, -0.1) is 0 Å². The average Bonchev–Trinajstić information content (AvgIpc) is 3.44. The maximum Gasteiger partial charge on any atom is 0.323 e. The number of benzene rings is 3. The molecule has 0 saturated heterocycles. The number of amides is 1. The van der Waals surface area contributed by atoms with Crippen molar-refractivity contribution < 1.29 is 9.53 Å². The minimum atomic E-state index is -0.304. The molecule has 0 aliphatic rings. The van der Waals surface area contributed by atoms with Crippen LogP contribution in [0.3, 0.4) is 0 Å². The van der Waals surface area contributed by atoms with E-state index in [0.717, 1.165) is 11.4 Å². The van der Waals surface area contributed by atoms with Gasteiger partial charge in [0.05, 0.1) is 16.9 Å². The van der Waals surface area contributed by atoms with Gasteiger partial charge in [-0.25, -0.2) is 9.48 Å². The number of nitrogens with zero attached hydrogens (tertiary/aromatic N) is 2. The van der Waals surface area contributed by atoms with Crippen molar-refractivity contribution in [3.05, 3.63) is 101 Å². The number of imidazole rings is 1. The normalized spacial score (nSPS) is 11.5. The highest BCUT2D eigenvalue weighted by atomic mass is 16.5. The number of carbonyl (C=O) groups is 1. The topological polar surface area (TPSA) is 105 Å². The van der Waals surface area contributed by atoms with E-state index >= 15 is 0 Å². The van der Waals surface area contributed by atoms with Crippen molar-refractivity contribution >= 4 is 22.6 Å². The zero-order valence-corrected chi connectivity index (χ0v) is 19.6. The number of hydrogen-bond donors (Lipinski definition) is 3. The molecule has 0 atom stereocenters. The fourth-order valence-electron chi connectivity index (χ4n) is 3.75. The lowest BCUT2D eigenvalue weighted by atomic mass is 9.92. The summed E-state index contributed by atoms with van der Waals surface area (Å²) >= 11 is 0. The molecule has 0 saturated carbocycles. The van der Waals surface area contributed by atoms with Crippen molar-refractivity contribution in [3.8, 4) is 17.2 Å². The zero-order chi connectivity index (χ0) is 24.6. The van der Waals surface area contributed by atoms with E-state index in [1.165, 1.54) is 0 Å². The summed E-state index contributed by atoms with van der Waals surface area (Å²) in [6.45, 7) is 6.18. The summed E-state index contributed by atoms with van der Waals surface area (Å²) in [4.78, 5) is 30.5. The maximum absolute atomic E-state index is 13.3. The average molecular weight is 468 g/mol. The molecule has 0 radical (unpaired) electrons. The highest BCUT2D eigenvalue weighted by Crippen LogP contribution is 2.29. The number of hydrogen-bond acceptors (Lipinski definition) is 4. The number of aromatic nitrogens is 4. The Morgan fingerprint density at radius 2 is 1.71 bits per heavy atom. The molecule has 3 N–H and O–H groups in total. The summed E-state index contributed by atoms with van der Waals surface area (Å²) in [5.74, 6) is 0.733. The minimum absolute atomic E-state index is 0.219. The smallest absolute Gasteiger partial charge is 0.323 e. The number of fused-ring (bicyclic) bond motifs is 1. The SMILES string of the molecule is CC(C)(C)c1cc(C(=O)Nc2cccc(Oc3cccc4[nH]c(=O)[nH]c34)c2)n(-c2ccccc2)n1. The number of nitrogens with one attached hydrogen (secondary N) is 3. The monoisotopic (exact) mass is 467 g/mol. The van der Waals surface area contributed by atoms with Crippen LogP contribution in [0.15, 0.2) is 83.7 Å². The molecule has 0 unspecified atom stereocenters. The summed E-state index contributed by atoms with van der Waals surface area (Å²) < 4.78 is 7.68. The molecule has 8 nitrogen and oxygen atoms in total. The number of rotatable bonds is 5. The van der Waals surface area contributed by atoms with Crippen molar-refractivity contribution in [3.63, 3.8) is 0 Å². The van der Waals surface area contributed by atoms with Gasteiger partial charge < -0.3 is 20.0 Å². The van der Waals surface area contributed by atoms with Gasteiger partial charge >= 0.3 is 5.69 Å². The molecule has 5 aromatic rings. The maximum atomic E-state index is 13.3. The van der Waals surface area contributed by atoms with Gasteiger partial charge in [-0.2, -0.15) is 5.10 Å². The molecule has 35 heavy (non-hydrogen) atoms. The van der Waals surface area contributed by atoms with E-state index < -0.39 is 0 Å². The van der Waals surface area contributed by atoms with Crippen LogP contribution in [0.5, 0.6) is 11.5 Å². The third-order valence-corrected chi connectivity index (χ3v) is 5.54. The highest BCUT2D eigenvalue weighted by Gasteiger charge is 2.24. The Morgan fingerprint density at radius 3 is 2.49 bits per heavy atom. The molecular formula is C27H25N5O3. The Balaban J connectivity index is 1.43. The lowest BCUT2D eigenvalue weighted by Gasteiger charge is -2.14. The van der Waals surface area contributed by atoms with Crippen LogP contribution >= 0.6 is 0 Å². The Kier molecular flexibility index (Phi) is 5.49. The van der Waals surface area contributed by atoms with Crippen LogP contribution < -0.4 is 15.7 Å². The molecule has 0 spiro atoms. The van der Waals surface area contributed by atoms with Gasteiger partial charge in [0.1, 0.15) is 17.0 Å². The molecule has 2 aromatic heterocycles. The molecular weight excluding hydrogens is 442 g/mol. The molecule has 176 valence electrons. The van der Waals surface area contributed by atoms with Crippen LogP contribution in [0.4, 0.5) is 5.69 Å². The second-order valence-electron chi connectivity index (χ2n) is 9.25. The van der Waals surface area contributed by atoms with E-state index in [4.69, 9.17) is 9.84 Å². The van der Waals surface area contributed by atoms with Gasteiger partial charge in [0.15, 0.2) is 5.75 Å². The summed E-state index contributed by atoms with van der Waals surface area (Å²) in [5, 5.41) is 7.67. The van der Waals surface area contributed by atoms with Crippen LogP contribution in [0.2, 0.25) is 0 Å². The van der Waals surface area contributed by atoms with Gasteiger partial charge in [-0.1, -0.05) is 51.1 Å². The Bertz CT molecular complexity index is 1570. The van der Waals surface area contributed by atoms with Crippen LogP contribution in [-0.4, -0.2) is 25.7 Å². The van der Waals surface area contributed by atoms with E-state index in [1.807, 2.05) is 36.4 Å². The number of ether oxygens (including phenoxy) is 1. The van der Waals surface area contributed by atoms with Crippen molar-refractivity contribution in [2.75, 3.05) is 5.32 Å². The summed E-state index contributed by atoms with van der Waals surface area (Å²) in [6.07, 6.45) is 0. The van der Waals surface area contributed by atoms with E-state index in [9.17, 15) is 9.59 Å². The standard InChI is InChI=1S/C27H25N5O3/c1-27(2,3)23-16-21(32(31-23)18-10-5-4-6-11-18)25(33)28-17-9-7-12-19(15-17)35-22-14-8-13-20-24(22)30-26(34)29-20/h4-16H,1-3H3,(H,28,33)(H2,29,30,34). The highest BCUT2D eigenvalue weighted by molar-refractivity contribution is 6.03. The summed E-state index contributed by atoms with van der Waals surface area (Å²) in [7, 11) is 0. The van der Waals surface area contributed by atoms with E-state index in [1.54, 1.807) is 47.1 Å². The number of carbonyl (C=O) groups excluding carboxylic acids is 1.